The fraction of sp³-hybridized carbons (Fsp3) is 0.235. The molecule has 0 fully saturated rings. The lowest BCUT2D eigenvalue weighted by atomic mass is 10.0. The topological polar surface area (TPSA) is 34.1 Å². The van der Waals surface area contributed by atoms with E-state index in [2.05, 4.69) is 0 Å². The van der Waals surface area contributed by atoms with Gasteiger partial charge in [-0.15, -0.1) is 0 Å². The average Bonchev–Trinajstić information content (AvgIpc) is 2.47. The van der Waals surface area contributed by atoms with Crippen molar-refractivity contribution in [3.05, 3.63) is 64.2 Å². The van der Waals surface area contributed by atoms with Gasteiger partial charge in [0.2, 0.25) is 0 Å². The van der Waals surface area contributed by atoms with Crippen molar-refractivity contribution in [3.8, 4) is 0 Å². The summed E-state index contributed by atoms with van der Waals surface area (Å²) in [6.07, 6.45) is 0. The Hall–Kier alpha value is -1.45. The molecule has 0 amide bonds. The molecule has 0 radical (unpaired) electrons. The Morgan fingerprint density at radius 1 is 1.10 bits per heavy atom. The molecule has 4 heteroatoms. The molecule has 2 nitrogen and oxygen atoms in total. The van der Waals surface area contributed by atoms with Crippen molar-refractivity contribution in [2.45, 2.75) is 30.9 Å². The van der Waals surface area contributed by atoms with Crippen molar-refractivity contribution in [2.75, 3.05) is 0 Å². The maximum Gasteiger partial charge on any atom is 0.178 e. The Morgan fingerprint density at radius 2 is 1.81 bits per heavy atom. The summed E-state index contributed by atoms with van der Waals surface area (Å²) in [5.74, 6) is -0.114. The highest BCUT2D eigenvalue weighted by atomic mass is 35.5. The largest absolute Gasteiger partial charge is 0.293 e. The molecule has 0 saturated heterocycles. The first-order valence-electron chi connectivity index (χ1n) is 6.68. The number of hydrogen-bond donors (Lipinski definition) is 0. The Labute approximate surface area is 132 Å². The molecule has 0 aliphatic carbocycles. The van der Waals surface area contributed by atoms with Crippen LogP contribution in [0.4, 0.5) is 0 Å². The number of rotatable bonds is 4. The maximum atomic E-state index is 12.5. The van der Waals surface area contributed by atoms with Gasteiger partial charge in [0.1, 0.15) is 0 Å². The third-order valence-corrected chi connectivity index (χ3v) is 5.32. The summed E-state index contributed by atoms with van der Waals surface area (Å²) >= 11 is 5.91. The summed E-state index contributed by atoms with van der Waals surface area (Å²) in [7, 11) is -1.41. The molecule has 2 atom stereocenters. The van der Waals surface area contributed by atoms with Crippen LogP contribution in [0.2, 0.25) is 5.02 Å². The van der Waals surface area contributed by atoms with Gasteiger partial charge in [0.25, 0.3) is 0 Å². The third kappa shape index (κ3) is 3.60. The van der Waals surface area contributed by atoms with Gasteiger partial charge in [-0.05, 0) is 56.2 Å². The number of aryl methyl sites for hydroxylation is 2. The van der Waals surface area contributed by atoms with Crippen LogP contribution in [-0.4, -0.2) is 15.2 Å². The van der Waals surface area contributed by atoms with Crippen LogP contribution in [0, 0.1) is 13.8 Å². The summed E-state index contributed by atoms with van der Waals surface area (Å²) in [4.78, 5) is 13.1. The van der Waals surface area contributed by atoms with E-state index in [0.717, 1.165) is 11.1 Å². The smallest absolute Gasteiger partial charge is 0.178 e. The van der Waals surface area contributed by atoms with Crippen molar-refractivity contribution >= 4 is 28.2 Å². The zero-order chi connectivity index (χ0) is 15.6. The van der Waals surface area contributed by atoms with Crippen molar-refractivity contribution in [1.82, 2.24) is 0 Å². The minimum atomic E-state index is -1.41. The van der Waals surface area contributed by atoms with Gasteiger partial charge in [-0.25, -0.2) is 0 Å². The van der Waals surface area contributed by atoms with Crippen molar-refractivity contribution in [1.29, 1.82) is 0 Å². The fourth-order valence-electron chi connectivity index (χ4n) is 2.02. The van der Waals surface area contributed by atoms with Gasteiger partial charge in [0.15, 0.2) is 5.78 Å². The fourth-order valence-corrected chi connectivity index (χ4v) is 3.47. The second kappa shape index (κ2) is 6.54. The standard InChI is InChI=1S/C17H17ClO2S/c1-11-7-8-14(9-12(11)2)17(19)13(3)21(20)16-6-4-5-15(18)10-16/h4-10,13H,1-3H3. The van der Waals surface area contributed by atoms with Crippen LogP contribution in [0.3, 0.4) is 0 Å². The molecular weight excluding hydrogens is 304 g/mol. The summed E-state index contributed by atoms with van der Waals surface area (Å²) < 4.78 is 12.5. The van der Waals surface area contributed by atoms with E-state index in [1.54, 1.807) is 37.3 Å². The number of ketones is 1. The minimum Gasteiger partial charge on any atom is -0.293 e. The van der Waals surface area contributed by atoms with Crippen molar-refractivity contribution < 1.29 is 9.00 Å². The van der Waals surface area contributed by atoms with Crippen molar-refractivity contribution in [2.24, 2.45) is 0 Å². The van der Waals surface area contributed by atoms with E-state index < -0.39 is 16.0 Å². The predicted molar refractivity (Wildman–Crippen MR) is 87.6 cm³/mol. The first-order chi connectivity index (χ1) is 9.90. The molecule has 2 unspecified atom stereocenters. The van der Waals surface area contributed by atoms with Crippen LogP contribution in [0.15, 0.2) is 47.4 Å². The Kier molecular flexibility index (Phi) is 4.96. The second-order valence-corrected chi connectivity index (χ2v) is 7.27. The summed E-state index contributed by atoms with van der Waals surface area (Å²) in [5, 5.41) is -0.0859. The molecule has 0 aliphatic rings. The summed E-state index contributed by atoms with van der Waals surface area (Å²) in [6.45, 7) is 5.65. The minimum absolute atomic E-state index is 0.114. The van der Waals surface area contributed by atoms with Gasteiger partial charge in [-0.3, -0.25) is 9.00 Å². The lowest BCUT2D eigenvalue weighted by Crippen LogP contribution is -2.23. The molecule has 0 aliphatic heterocycles. The Balaban J connectivity index is 2.26. The van der Waals surface area contributed by atoms with Gasteiger partial charge in [0, 0.05) is 15.5 Å². The highest BCUT2D eigenvalue weighted by molar-refractivity contribution is 7.86. The first-order valence-corrected chi connectivity index (χ1v) is 8.27. The van der Waals surface area contributed by atoms with E-state index in [9.17, 15) is 9.00 Å². The molecular formula is C17H17ClO2S. The molecule has 0 N–H and O–H groups in total. The molecule has 0 saturated carbocycles. The number of Topliss-reactive ketones (excluding diaryl/α,β-unsaturated/α-hetero) is 1. The summed E-state index contributed by atoms with van der Waals surface area (Å²) in [6, 6.07) is 12.4. The maximum absolute atomic E-state index is 12.5. The van der Waals surface area contributed by atoms with Gasteiger partial charge in [-0.2, -0.15) is 0 Å². The monoisotopic (exact) mass is 320 g/mol. The third-order valence-electron chi connectivity index (χ3n) is 3.51. The number of benzene rings is 2. The molecule has 2 aromatic rings. The van der Waals surface area contributed by atoms with Crippen LogP contribution >= 0.6 is 11.6 Å². The molecule has 0 heterocycles. The molecule has 0 bridgehead atoms. The highest BCUT2D eigenvalue weighted by Crippen LogP contribution is 2.20. The SMILES string of the molecule is Cc1ccc(C(=O)C(C)S(=O)c2cccc(Cl)c2)cc1C. The number of hydrogen-bond acceptors (Lipinski definition) is 2. The van der Waals surface area contributed by atoms with Crippen LogP contribution < -0.4 is 0 Å². The molecule has 110 valence electrons. The van der Waals surface area contributed by atoms with E-state index >= 15 is 0 Å². The molecule has 0 aromatic heterocycles. The van der Waals surface area contributed by atoms with E-state index in [1.165, 1.54) is 0 Å². The van der Waals surface area contributed by atoms with Crippen LogP contribution in [0.25, 0.3) is 0 Å². The van der Waals surface area contributed by atoms with Crippen LogP contribution in [-0.2, 0) is 10.8 Å². The van der Waals surface area contributed by atoms with E-state index in [0.29, 0.717) is 15.5 Å². The van der Waals surface area contributed by atoms with Crippen LogP contribution in [0.1, 0.15) is 28.4 Å². The summed E-state index contributed by atoms with van der Waals surface area (Å²) in [5.41, 5.74) is 2.79. The zero-order valence-electron chi connectivity index (χ0n) is 12.2. The molecule has 2 aromatic carbocycles. The zero-order valence-corrected chi connectivity index (χ0v) is 13.8. The number of carbonyl (C=O) groups is 1. The highest BCUT2D eigenvalue weighted by Gasteiger charge is 2.23. The Morgan fingerprint density at radius 3 is 2.43 bits per heavy atom. The molecule has 2 rings (SSSR count). The normalized spacial score (nSPS) is 13.7. The van der Waals surface area contributed by atoms with Crippen molar-refractivity contribution in [3.63, 3.8) is 0 Å². The van der Waals surface area contributed by atoms with E-state index in [-0.39, 0.29) is 5.78 Å². The van der Waals surface area contributed by atoms with E-state index in [1.807, 2.05) is 26.0 Å². The van der Waals surface area contributed by atoms with Crippen LogP contribution in [0.5, 0.6) is 0 Å². The Bertz CT molecular complexity index is 710. The quantitative estimate of drug-likeness (QED) is 0.785. The number of halogens is 1. The lowest BCUT2D eigenvalue weighted by Gasteiger charge is -2.12. The second-order valence-electron chi connectivity index (χ2n) is 5.06. The molecule has 21 heavy (non-hydrogen) atoms. The van der Waals surface area contributed by atoms with Gasteiger partial charge < -0.3 is 0 Å². The van der Waals surface area contributed by atoms with Gasteiger partial charge in [-0.1, -0.05) is 29.8 Å². The van der Waals surface area contributed by atoms with Gasteiger partial charge >= 0.3 is 0 Å². The first kappa shape index (κ1) is 15.9. The average molecular weight is 321 g/mol. The lowest BCUT2D eigenvalue weighted by molar-refractivity contribution is 0.0992. The number of carbonyl (C=O) groups excluding carboxylic acids is 1. The van der Waals surface area contributed by atoms with E-state index in [4.69, 9.17) is 11.6 Å². The molecule has 0 spiro atoms. The van der Waals surface area contributed by atoms with Gasteiger partial charge in [0.05, 0.1) is 16.0 Å². The predicted octanol–water partition coefficient (Wildman–Crippen LogP) is 4.34.